The van der Waals surface area contributed by atoms with Crippen molar-refractivity contribution < 1.29 is 18.3 Å². The second kappa shape index (κ2) is 9.94. The first-order chi connectivity index (χ1) is 17.8. The normalized spacial score (nSPS) is 13.8. The number of nitrogens with zero attached hydrogens (tertiary/aromatic N) is 4. The van der Waals surface area contributed by atoms with Crippen molar-refractivity contribution in [3.05, 3.63) is 84.2 Å². The van der Waals surface area contributed by atoms with E-state index in [9.17, 15) is 8.78 Å². The predicted octanol–water partition coefficient (Wildman–Crippen LogP) is 5.70. The molecule has 0 unspecified atom stereocenters. The molecule has 1 aliphatic heterocycles. The Bertz CT molecular complexity index is 1470. The number of anilines is 1. The van der Waals surface area contributed by atoms with Crippen LogP contribution in [-0.4, -0.2) is 32.4 Å². The minimum Gasteiger partial charge on any atom is -0.395 e. The number of halogens is 2. The van der Waals surface area contributed by atoms with Crippen molar-refractivity contribution in [2.24, 2.45) is 5.10 Å². The Morgan fingerprint density at radius 3 is 2.59 bits per heavy atom. The highest BCUT2D eigenvalue weighted by Gasteiger charge is 2.43. The standard InChI is InChI=1S/C26H22F2N6O2S/c1-16(2)20-5-3-4-6-21(20)31-25(37)32-30-14-17-7-9-18(10-8-17)24-29-15-34(33-24)19-11-12-22-23(13-19)36-26(27,28)35-22/h3-16H,1-2H3,(H2,31,32,37). The van der Waals surface area contributed by atoms with Crippen LogP contribution in [0.2, 0.25) is 0 Å². The lowest BCUT2D eigenvalue weighted by Gasteiger charge is -2.14. The fraction of sp³-hybridized carbons (Fsp3) is 0.154. The molecule has 2 N–H and O–H groups in total. The second-order valence-electron chi connectivity index (χ2n) is 8.50. The van der Waals surface area contributed by atoms with Gasteiger partial charge >= 0.3 is 6.29 Å². The van der Waals surface area contributed by atoms with Gasteiger partial charge in [0.25, 0.3) is 0 Å². The summed E-state index contributed by atoms with van der Waals surface area (Å²) in [7, 11) is 0. The van der Waals surface area contributed by atoms with Crippen molar-refractivity contribution >= 4 is 29.2 Å². The molecule has 37 heavy (non-hydrogen) atoms. The molecule has 1 aromatic heterocycles. The summed E-state index contributed by atoms with van der Waals surface area (Å²) in [4.78, 5) is 4.32. The molecule has 0 radical (unpaired) electrons. The van der Waals surface area contributed by atoms with Gasteiger partial charge in [0.15, 0.2) is 22.4 Å². The van der Waals surface area contributed by atoms with Crippen LogP contribution in [0.15, 0.2) is 78.2 Å². The van der Waals surface area contributed by atoms with Crippen LogP contribution in [0.25, 0.3) is 17.1 Å². The van der Waals surface area contributed by atoms with Gasteiger partial charge in [0.05, 0.1) is 11.9 Å². The molecular formula is C26H22F2N6O2S. The number of hydrazone groups is 1. The Morgan fingerprint density at radius 2 is 1.81 bits per heavy atom. The van der Waals surface area contributed by atoms with Crippen molar-refractivity contribution in [3.63, 3.8) is 0 Å². The summed E-state index contributed by atoms with van der Waals surface area (Å²) in [5.74, 6) is 0.742. The zero-order valence-corrected chi connectivity index (χ0v) is 20.7. The fourth-order valence-corrected chi connectivity index (χ4v) is 3.91. The third kappa shape index (κ3) is 5.56. The van der Waals surface area contributed by atoms with Crippen LogP contribution in [0.5, 0.6) is 11.5 Å². The first kappa shape index (κ1) is 24.3. The number of ether oxygens (including phenoxy) is 2. The molecule has 0 atom stereocenters. The molecule has 4 aromatic rings. The molecule has 8 nitrogen and oxygen atoms in total. The van der Waals surface area contributed by atoms with Crippen molar-refractivity contribution in [2.75, 3.05) is 5.32 Å². The Kier molecular flexibility index (Phi) is 6.53. The van der Waals surface area contributed by atoms with Crippen LogP contribution in [0, 0.1) is 0 Å². The number of hydrogen-bond acceptors (Lipinski definition) is 6. The highest BCUT2D eigenvalue weighted by molar-refractivity contribution is 7.80. The summed E-state index contributed by atoms with van der Waals surface area (Å²) in [6.45, 7) is 4.25. The summed E-state index contributed by atoms with van der Waals surface area (Å²) < 4.78 is 37.0. The molecule has 0 saturated carbocycles. The average Bonchev–Trinajstić information content (AvgIpc) is 3.47. The van der Waals surface area contributed by atoms with E-state index in [0.29, 0.717) is 22.5 Å². The van der Waals surface area contributed by atoms with Gasteiger partial charge in [-0.1, -0.05) is 56.3 Å². The van der Waals surface area contributed by atoms with Gasteiger partial charge in [-0.3, -0.25) is 5.43 Å². The molecule has 1 aliphatic rings. The van der Waals surface area contributed by atoms with E-state index < -0.39 is 6.29 Å². The zero-order chi connectivity index (χ0) is 26.0. The number of fused-ring (bicyclic) bond motifs is 1. The summed E-state index contributed by atoms with van der Waals surface area (Å²) in [5, 5.41) is 12.2. The number of thiocarbonyl (C=S) groups is 1. The van der Waals surface area contributed by atoms with Crippen LogP contribution >= 0.6 is 12.2 Å². The Balaban J connectivity index is 1.20. The molecule has 0 bridgehead atoms. The number of alkyl halides is 2. The lowest BCUT2D eigenvalue weighted by atomic mass is 10.0. The largest absolute Gasteiger partial charge is 0.586 e. The number of rotatable bonds is 6. The maximum absolute atomic E-state index is 13.3. The quantitative estimate of drug-likeness (QED) is 0.192. The monoisotopic (exact) mass is 520 g/mol. The molecule has 0 saturated heterocycles. The van der Waals surface area contributed by atoms with Gasteiger partial charge in [-0.05, 0) is 47.5 Å². The van der Waals surface area contributed by atoms with Gasteiger partial charge in [0, 0.05) is 17.3 Å². The van der Waals surface area contributed by atoms with Gasteiger partial charge in [-0.2, -0.15) is 5.10 Å². The number of hydrogen-bond donors (Lipinski definition) is 2. The molecule has 0 amide bonds. The smallest absolute Gasteiger partial charge is 0.395 e. The van der Waals surface area contributed by atoms with E-state index in [2.05, 4.69) is 55.3 Å². The van der Waals surface area contributed by atoms with E-state index in [1.807, 2.05) is 42.5 Å². The second-order valence-corrected chi connectivity index (χ2v) is 8.91. The third-order valence-corrected chi connectivity index (χ3v) is 5.71. The lowest BCUT2D eigenvalue weighted by molar-refractivity contribution is -0.286. The maximum Gasteiger partial charge on any atom is 0.586 e. The molecule has 0 spiro atoms. The molecule has 0 aliphatic carbocycles. The number of nitrogens with one attached hydrogen (secondary N) is 2. The van der Waals surface area contributed by atoms with E-state index in [4.69, 9.17) is 12.2 Å². The minimum atomic E-state index is -3.67. The van der Waals surface area contributed by atoms with E-state index in [-0.39, 0.29) is 11.5 Å². The fourth-order valence-electron chi connectivity index (χ4n) is 3.75. The average molecular weight is 521 g/mol. The van der Waals surface area contributed by atoms with Crippen LogP contribution < -0.4 is 20.2 Å². The predicted molar refractivity (Wildman–Crippen MR) is 140 cm³/mol. The van der Waals surface area contributed by atoms with Crippen molar-refractivity contribution in [2.45, 2.75) is 26.1 Å². The molecule has 5 rings (SSSR count). The molecule has 11 heteroatoms. The number of benzene rings is 3. The van der Waals surface area contributed by atoms with Crippen LogP contribution in [0.4, 0.5) is 14.5 Å². The van der Waals surface area contributed by atoms with E-state index >= 15 is 0 Å². The van der Waals surface area contributed by atoms with E-state index in [1.165, 1.54) is 28.7 Å². The highest BCUT2D eigenvalue weighted by Crippen LogP contribution is 2.41. The molecule has 2 heterocycles. The van der Waals surface area contributed by atoms with E-state index in [1.54, 1.807) is 12.3 Å². The summed E-state index contributed by atoms with van der Waals surface area (Å²) in [6.07, 6.45) is -0.522. The summed E-state index contributed by atoms with van der Waals surface area (Å²) in [6, 6.07) is 19.9. The topological polar surface area (TPSA) is 85.6 Å². The summed E-state index contributed by atoms with van der Waals surface area (Å²) in [5.41, 5.74) is 7.08. The van der Waals surface area contributed by atoms with Crippen molar-refractivity contribution in [3.8, 4) is 28.6 Å². The maximum atomic E-state index is 13.3. The first-order valence-corrected chi connectivity index (χ1v) is 11.8. The molecular weight excluding hydrogens is 498 g/mol. The van der Waals surface area contributed by atoms with Crippen molar-refractivity contribution in [1.82, 2.24) is 20.2 Å². The Labute approximate surface area is 216 Å². The van der Waals surface area contributed by atoms with Crippen LogP contribution in [0.1, 0.15) is 30.9 Å². The molecule has 0 fully saturated rings. The van der Waals surface area contributed by atoms with Gasteiger partial charge in [0.2, 0.25) is 0 Å². The Hall–Kier alpha value is -4.38. The lowest BCUT2D eigenvalue weighted by Crippen LogP contribution is -2.25. The molecule has 3 aromatic carbocycles. The van der Waals surface area contributed by atoms with Gasteiger partial charge in [-0.25, -0.2) is 9.67 Å². The number of para-hydroxylation sites is 1. The summed E-state index contributed by atoms with van der Waals surface area (Å²) >= 11 is 5.36. The van der Waals surface area contributed by atoms with Crippen molar-refractivity contribution in [1.29, 1.82) is 0 Å². The molecule has 188 valence electrons. The van der Waals surface area contributed by atoms with Gasteiger partial charge < -0.3 is 14.8 Å². The first-order valence-electron chi connectivity index (χ1n) is 11.4. The minimum absolute atomic E-state index is 0.0299. The number of aromatic nitrogens is 3. The van der Waals surface area contributed by atoms with Crippen LogP contribution in [0.3, 0.4) is 0 Å². The van der Waals surface area contributed by atoms with Gasteiger partial charge in [0.1, 0.15) is 6.33 Å². The third-order valence-electron chi connectivity index (χ3n) is 5.52. The van der Waals surface area contributed by atoms with E-state index in [0.717, 1.165) is 16.8 Å². The van der Waals surface area contributed by atoms with Crippen LogP contribution in [-0.2, 0) is 0 Å². The van der Waals surface area contributed by atoms with Gasteiger partial charge in [-0.15, -0.1) is 13.9 Å². The highest BCUT2D eigenvalue weighted by atomic mass is 32.1. The zero-order valence-electron chi connectivity index (χ0n) is 19.9. The SMILES string of the molecule is CC(C)c1ccccc1NC(=S)NN=Cc1ccc(-c2ncn(-c3ccc4c(c3)OC(F)(F)O4)n2)cc1. The Morgan fingerprint density at radius 1 is 1.05 bits per heavy atom.